The molecule has 0 aliphatic carbocycles. The van der Waals surface area contributed by atoms with Gasteiger partial charge in [0.2, 0.25) is 0 Å². The van der Waals surface area contributed by atoms with Gasteiger partial charge in [-0.1, -0.05) is 12.1 Å². The normalized spacial score (nSPS) is 14.9. The molecule has 0 radical (unpaired) electrons. The van der Waals surface area contributed by atoms with E-state index in [1.165, 1.54) is 0 Å². The summed E-state index contributed by atoms with van der Waals surface area (Å²) in [6.45, 7) is 7.88. The Kier molecular flexibility index (Phi) is 4.48. The number of nitrogens with two attached hydrogens (primary N) is 1. The summed E-state index contributed by atoms with van der Waals surface area (Å²) in [6.07, 6.45) is 0. The van der Waals surface area contributed by atoms with Crippen LogP contribution in [0.15, 0.2) is 42.5 Å². The smallest absolute Gasteiger partial charge is 0.313 e. The number of carbonyl (C=O) groups excluding carboxylic acids is 2. The van der Waals surface area contributed by atoms with Crippen LogP contribution in [0.3, 0.4) is 0 Å². The number of nitrogen functional groups attached to an aromatic ring is 1. The van der Waals surface area contributed by atoms with Gasteiger partial charge >= 0.3 is 5.97 Å². The molecule has 2 aromatic rings. The van der Waals surface area contributed by atoms with Gasteiger partial charge in [0.05, 0.1) is 12.5 Å². The van der Waals surface area contributed by atoms with Crippen molar-refractivity contribution in [2.45, 2.75) is 45.8 Å². The third-order valence-electron chi connectivity index (χ3n) is 4.40. The number of nitrogens with zero attached hydrogens (tertiary/aromatic N) is 1. The lowest BCUT2D eigenvalue weighted by atomic mass is 10.0. The number of anilines is 2. The minimum absolute atomic E-state index is 0.0343. The molecule has 0 saturated heterocycles. The third kappa shape index (κ3) is 3.57. The van der Waals surface area contributed by atoms with Gasteiger partial charge in [-0.15, -0.1) is 0 Å². The Balaban J connectivity index is 1.76. The summed E-state index contributed by atoms with van der Waals surface area (Å²) < 4.78 is 5.44. The van der Waals surface area contributed by atoms with Gasteiger partial charge in [-0.2, -0.15) is 0 Å². The highest BCUT2D eigenvalue weighted by Crippen LogP contribution is 2.30. The molecule has 1 heterocycles. The Morgan fingerprint density at radius 3 is 2.42 bits per heavy atom. The monoisotopic (exact) mass is 352 g/mol. The molecule has 0 fully saturated rings. The van der Waals surface area contributed by atoms with E-state index >= 15 is 0 Å². The molecule has 136 valence electrons. The lowest BCUT2D eigenvalue weighted by Crippen LogP contribution is -2.27. The van der Waals surface area contributed by atoms with Gasteiger partial charge in [0.15, 0.2) is 0 Å². The topological polar surface area (TPSA) is 72.6 Å². The van der Waals surface area contributed by atoms with Gasteiger partial charge in [0.1, 0.15) is 5.60 Å². The largest absolute Gasteiger partial charge is 0.460 e. The number of amides is 1. The number of carbonyl (C=O) groups is 2. The van der Waals surface area contributed by atoms with Crippen LogP contribution in [0.1, 0.15) is 55.1 Å². The predicted octanol–water partition coefficient (Wildman–Crippen LogP) is 3.87. The summed E-state index contributed by atoms with van der Waals surface area (Å²) in [7, 11) is 0. The minimum Gasteiger partial charge on any atom is -0.460 e. The lowest BCUT2D eigenvalue weighted by molar-refractivity contribution is -0.156. The van der Waals surface area contributed by atoms with Crippen molar-refractivity contribution in [1.82, 2.24) is 0 Å². The predicted molar refractivity (Wildman–Crippen MR) is 102 cm³/mol. The van der Waals surface area contributed by atoms with E-state index in [-0.39, 0.29) is 17.8 Å². The molecule has 0 saturated carbocycles. The number of rotatable bonds is 3. The number of benzene rings is 2. The van der Waals surface area contributed by atoms with Crippen LogP contribution in [-0.2, 0) is 16.1 Å². The Labute approximate surface area is 153 Å². The molecule has 2 aromatic carbocycles. The van der Waals surface area contributed by atoms with Gasteiger partial charge in [0.25, 0.3) is 5.91 Å². The first-order valence-electron chi connectivity index (χ1n) is 8.69. The molecule has 0 aromatic heterocycles. The molecule has 0 bridgehead atoms. The van der Waals surface area contributed by atoms with Gasteiger partial charge in [0, 0.05) is 16.9 Å². The number of fused-ring (bicyclic) bond motifs is 1. The van der Waals surface area contributed by atoms with E-state index in [1.54, 1.807) is 17.0 Å². The molecule has 1 unspecified atom stereocenters. The summed E-state index contributed by atoms with van der Waals surface area (Å²) in [5.41, 5.74) is 9.22. The molecular formula is C21H24N2O3. The second-order valence-corrected chi connectivity index (χ2v) is 7.65. The maximum atomic E-state index is 12.6. The zero-order chi connectivity index (χ0) is 19.1. The van der Waals surface area contributed by atoms with Crippen LogP contribution in [0.4, 0.5) is 11.4 Å². The van der Waals surface area contributed by atoms with Crippen molar-refractivity contribution < 1.29 is 14.3 Å². The average molecular weight is 352 g/mol. The molecule has 0 spiro atoms. The Hall–Kier alpha value is -2.82. The van der Waals surface area contributed by atoms with E-state index in [0.29, 0.717) is 17.8 Å². The number of esters is 1. The lowest BCUT2D eigenvalue weighted by Gasteiger charge is -2.23. The molecule has 3 rings (SSSR count). The maximum Gasteiger partial charge on any atom is 0.313 e. The van der Waals surface area contributed by atoms with Crippen molar-refractivity contribution in [2.24, 2.45) is 0 Å². The second kappa shape index (κ2) is 6.48. The number of ether oxygens (including phenoxy) is 1. The first-order valence-corrected chi connectivity index (χ1v) is 8.69. The Morgan fingerprint density at radius 2 is 1.81 bits per heavy atom. The molecular weight excluding hydrogens is 328 g/mol. The van der Waals surface area contributed by atoms with E-state index in [1.807, 2.05) is 58.0 Å². The van der Waals surface area contributed by atoms with Crippen LogP contribution in [-0.4, -0.2) is 17.5 Å². The van der Waals surface area contributed by atoms with Crippen LogP contribution in [0.25, 0.3) is 0 Å². The number of hydrogen-bond acceptors (Lipinski definition) is 4. The van der Waals surface area contributed by atoms with Crippen LogP contribution in [0.2, 0.25) is 0 Å². The molecule has 2 N–H and O–H groups in total. The maximum absolute atomic E-state index is 12.6. The number of hydrogen-bond donors (Lipinski definition) is 1. The van der Waals surface area contributed by atoms with Gasteiger partial charge < -0.3 is 15.4 Å². The van der Waals surface area contributed by atoms with Crippen molar-refractivity contribution in [3.05, 3.63) is 59.2 Å². The Morgan fingerprint density at radius 1 is 1.15 bits per heavy atom. The standard InChI is InChI=1S/C21H24N2O3/c1-13(20(25)26-21(2,3)4)14-5-8-17(9-6-14)23-12-15-11-16(22)7-10-18(15)19(23)24/h5-11,13H,12,22H2,1-4H3. The summed E-state index contributed by atoms with van der Waals surface area (Å²) >= 11 is 0. The highest BCUT2D eigenvalue weighted by Gasteiger charge is 2.29. The first kappa shape index (κ1) is 18.0. The van der Waals surface area contributed by atoms with Crippen molar-refractivity contribution in [1.29, 1.82) is 0 Å². The summed E-state index contributed by atoms with van der Waals surface area (Å²) in [5, 5.41) is 0. The Bertz CT molecular complexity index is 851. The average Bonchev–Trinajstić information content (AvgIpc) is 2.89. The fourth-order valence-electron chi connectivity index (χ4n) is 3.02. The fourth-order valence-corrected chi connectivity index (χ4v) is 3.02. The van der Waals surface area contributed by atoms with Crippen LogP contribution < -0.4 is 10.6 Å². The van der Waals surface area contributed by atoms with E-state index in [0.717, 1.165) is 16.8 Å². The fraction of sp³-hybridized carbons (Fsp3) is 0.333. The molecule has 1 amide bonds. The molecule has 5 nitrogen and oxygen atoms in total. The van der Waals surface area contributed by atoms with Gasteiger partial charge in [-0.05, 0) is 69.2 Å². The van der Waals surface area contributed by atoms with Crippen molar-refractivity contribution in [3.8, 4) is 0 Å². The van der Waals surface area contributed by atoms with Crippen LogP contribution >= 0.6 is 0 Å². The van der Waals surface area contributed by atoms with Gasteiger partial charge in [-0.3, -0.25) is 9.59 Å². The molecule has 1 atom stereocenters. The SMILES string of the molecule is CC(C(=O)OC(C)(C)C)c1ccc(N2Cc3cc(N)ccc3C2=O)cc1. The van der Waals surface area contributed by atoms with E-state index in [2.05, 4.69) is 0 Å². The molecule has 26 heavy (non-hydrogen) atoms. The van der Waals surface area contributed by atoms with E-state index < -0.39 is 5.60 Å². The van der Waals surface area contributed by atoms with E-state index in [4.69, 9.17) is 10.5 Å². The molecule has 1 aliphatic heterocycles. The minimum atomic E-state index is -0.513. The van der Waals surface area contributed by atoms with Crippen molar-refractivity contribution >= 4 is 23.3 Å². The quantitative estimate of drug-likeness (QED) is 0.672. The zero-order valence-corrected chi connectivity index (χ0v) is 15.6. The zero-order valence-electron chi connectivity index (χ0n) is 15.6. The summed E-state index contributed by atoms with van der Waals surface area (Å²) in [6, 6.07) is 12.8. The van der Waals surface area contributed by atoms with Crippen molar-refractivity contribution in [2.75, 3.05) is 10.6 Å². The van der Waals surface area contributed by atoms with E-state index in [9.17, 15) is 9.59 Å². The third-order valence-corrected chi connectivity index (χ3v) is 4.40. The molecule has 1 aliphatic rings. The van der Waals surface area contributed by atoms with Crippen molar-refractivity contribution in [3.63, 3.8) is 0 Å². The highest BCUT2D eigenvalue weighted by molar-refractivity contribution is 6.10. The van der Waals surface area contributed by atoms with Crippen LogP contribution in [0, 0.1) is 0 Å². The summed E-state index contributed by atoms with van der Waals surface area (Å²) in [5.74, 6) is -0.659. The summed E-state index contributed by atoms with van der Waals surface area (Å²) in [4.78, 5) is 26.6. The molecule has 5 heteroatoms. The first-order chi connectivity index (χ1) is 12.2. The second-order valence-electron chi connectivity index (χ2n) is 7.65. The highest BCUT2D eigenvalue weighted by atomic mass is 16.6. The van der Waals surface area contributed by atoms with Crippen LogP contribution in [0.5, 0.6) is 0 Å². The van der Waals surface area contributed by atoms with Gasteiger partial charge in [-0.25, -0.2) is 0 Å².